The van der Waals surface area contributed by atoms with Crippen molar-refractivity contribution in [3.05, 3.63) is 23.0 Å². The van der Waals surface area contributed by atoms with Crippen LogP contribution in [0.4, 0.5) is 5.13 Å². The molecule has 0 bridgehead atoms. The summed E-state index contributed by atoms with van der Waals surface area (Å²) in [6.45, 7) is 5.96. The second-order valence-corrected chi connectivity index (χ2v) is 6.67. The minimum Gasteiger partial charge on any atom is -0.466 e. The monoisotopic (exact) mass is 355 g/mol. The maximum absolute atomic E-state index is 12.0. The Labute approximate surface area is 146 Å². The summed E-state index contributed by atoms with van der Waals surface area (Å²) < 4.78 is 5.53. The van der Waals surface area contributed by atoms with E-state index in [-0.39, 0.29) is 18.3 Å². The summed E-state index contributed by atoms with van der Waals surface area (Å²) in [5.74, 6) is 2.41. The van der Waals surface area contributed by atoms with Crippen molar-refractivity contribution in [3.8, 4) is 11.3 Å². The zero-order valence-electron chi connectivity index (χ0n) is 13.3. The number of furan rings is 1. The molecule has 0 saturated carbocycles. The SMILES string of the molecule is Cc1cc(-c2csc(NC(=O)CCC3CCNC3)n2)c(C)o1.Cl. The molecule has 1 atom stereocenters. The molecule has 2 aromatic rings. The van der Waals surface area contributed by atoms with E-state index in [2.05, 4.69) is 15.6 Å². The Bertz CT molecular complexity index is 662. The second-order valence-electron chi connectivity index (χ2n) is 5.81. The van der Waals surface area contributed by atoms with Crippen LogP contribution in [0.25, 0.3) is 11.3 Å². The lowest BCUT2D eigenvalue weighted by molar-refractivity contribution is -0.116. The molecule has 7 heteroatoms. The lowest BCUT2D eigenvalue weighted by atomic mass is 10.0. The number of halogens is 1. The van der Waals surface area contributed by atoms with Gasteiger partial charge in [-0.2, -0.15) is 0 Å². The van der Waals surface area contributed by atoms with Crippen molar-refractivity contribution in [1.29, 1.82) is 0 Å². The molecule has 5 nitrogen and oxygen atoms in total. The number of amides is 1. The molecular formula is C16H22ClN3O2S. The number of nitrogens with zero attached hydrogens (tertiary/aromatic N) is 1. The Morgan fingerprint density at radius 1 is 1.52 bits per heavy atom. The van der Waals surface area contributed by atoms with E-state index in [1.54, 1.807) is 0 Å². The standard InChI is InChI=1S/C16H21N3O2S.ClH/c1-10-7-13(11(2)21-10)14-9-22-16(18-14)19-15(20)4-3-12-5-6-17-8-12;/h7,9,12,17H,3-6,8H2,1-2H3,(H,18,19,20);1H. The molecule has 0 radical (unpaired) electrons. The average Bonchev–Trinajstić information content (AvgIpc) is 3.18. The third-order valence-electron chi connectivity index (χ3n) is 4.01. The number of aryl methyl sites for hydroxylation is 2. The van der Waals surface area contributed by atoms with Crippen LogP contribution in [0.5, 0.6) is 0 Å². The van der Waals surface area contributed by atoms with Gasteiger partial charge < -0.3 is 15.1 Å². The van der Waals surface area contributed by atoms with Crippen molar-refractivity contribution >= 4 is 34.8 Å². The smallest absolute Gasteiger partial charge is 0.226 e. The molecule has 0 aromatic carbocycles. The molecule has 1 unspecified atom stereocenters. The first-order valence-corrected chi connectivity index (χ1v) is 8.53. The molecule has 0 aliphatic carbocycles. The van der Waals surface area contributed by atoms with Crippen LogP contribution in [-0.4, -0.2) is 24.0 Å². The van der Waals surface area contributed by atoms with Crippen LogP contribution in [-0.2, 0) is 4.79 Å². The van der Waals surface area contributed by atoms with Gasteiger partial charge in [-0.05, 0) is 51.8 Å². The Balaban J connectivity index is 0.00000192. The number of anilines is 1. The van der Waals surface area contributed by atoms with Gasteiger partial charge in [0, 0.05) is 17.4 Å². The van der Waals surface area contributed by atoms with Crippen LogP contribution in [0, 0.1) is 19.8 Å². The first-order chi connectivity index (χ1) is 10.6. The molecule has 0 spiro atoms. The summed E-state index contributed by atoms with van der Waals surface area (Å²) in [5, 5.41) is 8.83. The number of aromatic nitrogens is 1. The Morgan fingerprint density at radius 2 is 2.35 bits per heavy atom. The zero-order valence-corrected chi connectivity index (χ0v) is 15.0. The Kier molecular flexibility index (Phi) is 6.21. The van der Waals surface area contributed by atoms with Crippen LogP contribution < -0.4 is 10.6 Å². The maximum Gasteiger partial charge on any atom is 0.226 e. The molecule has 1 aliphatic heterocycles. The van der Waals surface area contributed by atoms with Gasteiger partial charge in [0.2, 0.25) is 5.91 Å². The van der Waals surface area contributed by atoms with Gasteiger partial charge in [-0.1, -0.05) is 0 Å². The quantitative estimate of drug-likeness (QED) is 0.856. The first-order valence-electron chi connectivity index (χ1n) is 7.65. The molecule has 1 saturated heterocycles. The van der Waals surface area contributed by atoms with Gasteiger partial charge in [-0.25, -0.2) is 4.98 Å². The summed E-state index contributed by atoms with van der Waals surface area (Å²) in [6, 6.07) is 1.98. The molecule has 3 heterocycles. The number of hydrogen-bond acceptors (Lipinski definition) is 5. The van der Waals surface area contributed by atoms with Gasteiger partial charge >= 0.3 is 0 Å². The molecule has 23 heavy (non-hydrogen) atoms. The Morgan fingerprint density at radius 3 is 3.00 bits per heavy atom. The molecule has 1 aliphatic rings. The first kappa shape index (κ1) is 18.0. The maximum atomic E-state index is 12.0. The van der Waals surface area contributed by atoms with Crippen molar-refractivity contribution in [2.45, 2.75) is 33.1 Å². The highest BCUT2D eigenvalue weighted by molar-refractivity contribution is 7.14. The lowest BCUT2D eigenvalue weighted by Crippen LogP contribution is -2.14. The van der Waals surface area contributed by atoms with E-state index < -0.39 is 0 Å². The summed E-state index contributed by atoms with van der Waals surface area (Å²) >= 11 is 1.45. The van der Waals surface area contributed by atoms with E-state index in [4.69, 9.17) is 4.42 Å². The van der Waals surface area contributed by atoms with Gasteiger partial charge in [0.05, 0.1) is 5.69 Å². The largest absolute Gasteiger partial charge is 0.466 e. The van der Waals surface area contributed by atoms with Gasteiger partial charge in [-0.15, -0.1) is 23.7 Å². The fourth-order valence-electron chi connectivity index (χ4n) is 2.82. The predicted molar refractivity (Wildman–Crippen MR) is 95.4 cm³/mol. The van der Waals surface area contributed by atoms with Crippen molar-refractivity contribution in [3.63, 3.8) is 0 Å². The molecule has 126 valence electrons. The van der Waals surface area contributed by atoms with Gasteiger partial charge in [0.1, 0.15) is 11.5 Å². The average molecular weight is 356 g/mol. The van der Waals surface area contributed by atoms with Crippen LogP contribution in [0.2, 0.25) is 0 Å². The summed E-state index contributed by atoms with van der Waals surface area (Å²) in [6.07, 6.45) is 2.68. The second kappa shape index (κ2) is 7.95. The van der Waals surface area contributed by atoms with Crippen LogP contribution in [0.15, 0.2) is 15.9 Å². The number of nitrogens with one attached hydrogen (secondary N) is 2. The van der Waals surface area contributed by atoms with E-state index >= 15 is 0 Å². The Hall–Kier alpha value is -1.37. The number of hydrogen-bond donors (Lipinski definition) is 2. The lowest BCUT2D eigenvalue weighted by Gasteiger charge is -2.06. The molecular weight excluding hydrogens is 334 g/mol. The summed E-state index contributed by atoms with van der Waals surface area (Å²) in [7, 11) is 0. The van der Waals surface area contributed by atoms with Crippen molar-refractivity contribution in [1.82, 2.24) is 10.3 Å². The van der Waals surface area contributed by atoms with Crippen LogP contribution in [0.1, 0.15) is 30.8 Å². The van der Waals surface area contributed by atoms with E-state index in [0.717, 1.165) is 42.3 Å². The summed E-state index contributed by atoms with van der Waals surface area (Å²) in [5.41, 5.74) is 1.85. The van der Waals surface area contributed by atoms with Gasteiger partial charge in [-0.3, -0.25) is 4.79 Å². The topological polar surface area (TPSA) is 67.2 Å². The predicted octanol–water partition coefficient (Wildman–Crippen LogP) is 3.77. The van der Waals surface area contributed by atoms with Crippen LogP contribution >= 0.6 is 23.7 Å². The molecule has 2 N–H and O–H groups in total. The number of thiazole rings is 1. The van der Waals surface area contributed by atoms with E-state index in [9.17, 15) is 4.79 Å². The third-order valence-corrected chi connectivity index (χ3v) is 4.77. The molecule has 1 amide bonds. The highest BCUT2D eigenvalue weighted by Crippen LogP contribution is 2.29. The van der Waals surface area contributed by atoms with Crippen molar-refractivity contribution in [2.75, 3.05) is 18.4 Å². The van der Waals surface area contributed by atoms with Gasteiger partial charge in [0.15, 0.2) is 5.13 Å². The van der Waals surface area contributed by atoms with Gasteiger partial charge in [0.25, 0.3) is 0 Å². The number of rotatable bonds is 5. The minimum absolute atomic E-state index is 0. The van der Waals surface area contributed by atoms with E-state index in [0.29, 0.717) is 17.5 Å². The minimum atomic E-state index is 0. The zero-order chi connectivity index (χ0) is 15.5. The number of carbonyl (C=O) groups is 1. The molecule has 1 fully saturated rings. The van der Waals surface area contributed by atoms with E-state index in [1.165, 1.54) is 17.8 Å². The van der Waals surface area contributed by atoms with E-state index in [1.807, 2.05) is 25.3 Å². The van der Waals surface area contributed by atoms with Crippen LogP contribution in [0.3, 0.4) is 0 Å². The van der Waals surface area contributed by atoms with Crippen molar-refractivity contribution in [2.24, 2.45) is 5.92 Å². The highest BCUT2D eigenvalue weighted by Gasteiger charge is 2.17. The number of carbonyl (C=O) groups excluding carboxylic acids is 1. The molecule has 3 rings (SSSR count). The summed E-state index contributed by atoms with van der Waals surface area (Å²) in [4.78, 5) is 16.5. The molecule has 2 aromatic heterocycles. The highest BCUT2D eigenvalue weighted by atomic mass is 35.5. The fraction of sp³-hybridized carbons (Fsp3) is 0.500. The third kappa shape index (κ3) is 4.56. The van der Waals surface area contributed by atoms with Crippen molar-refractivity contribution < 1.29 is 9.21 Å². The normalized spacial score (nSPS) is 17.0. The fourth-order valence-corrected chi connectivity index (χ4v) is 3.54.